The van der Waals surface area contributed by atoms with Gasteiger partial charge in [0.15, 0.2) is 11.5 Å². The molecule has 1 N–H and O–H groups in total. The van der Waals surface area contributed by atoms with E-state index in [1.165, 1.54) is 20.3 Å². The van der Waals surface area contributed by atoms with Gasteiger partial charge < -0.3 is 14.2 Å². The van der Waals surface area contributed by atoms with Gasteiger partial charge in [-0.15, -0.1) is 0 Å². The van der Waals surface area contributed by atoms with Gasteiger partial charge in [-0.1, -0.05) is 0 Å². The average Bonchev–Trinajstić information content (AvgIpc) is 2.55. The van der Waals surface area contributed by atoms with Crippen molar-refractivity contribution >= 4 is 10.0 Å². The Morgan fingerprint density at radius 1 is 1.17 bits per heavy atom. The molecule has 8 heteroatoms. The number of ether oxygens (including phenoxy) is 3. The van der Waals surface area contributed by atoms with Crippen LogP contribution in [-0.4, -0.2) is 66.9 Å². The smallest absolute Gasteiger partial charge is 0.241 e. The third-order valence-corrected chi connectivity index (χ3v) is 5.40. The zero-order valence-electron chi connectivity index (χ0n) is 13.8. The SMILES string of the molecule is COc1cc(C)c(S(=O)(=O)NCCN2CCOCC2)cc1OC. The summed E-state index contributed by atoms with van der Waals surface area (Å²) in [6.45, 7) is 5.81. The average molecular weight is 344 g/mol. The lowest BCUT2D eigenvalue weighted by atomic mass is 10.2. The molecule has 0 aromatic heterocycles. The second-order valence-electron chi connectivity index (χ2n) is 5.32. The summed E-state index contributed by atoms with van der Waals surface area (Å²) < 4.78 is 43.3. The number of hydrogen-bond acceptors (Lipinski definition) is 6. The molecule has 1 aliphatic rings. The Morgan fingerprint density at radius 3 is 2.39 bits per heavy atom. The fourth-order valence-electron chi connectivity index (χ4n) is 2.49. The molecule has 7 nitrogen and oxygen atoms in total. The molecule has 1 aliphatic heterocycles. The highest BCUT2D eigenvalue weighted by molar-refractivity contribution is 7.89. The largest absolute Gasteiger partial charge is 0.493 e. The van der Waals surface area contributed by atoms with Gasteiger partial charge in [-0.05, 0) is 18.6 Å². The highest BCUT2D eigenvalue weighted by Crippen LogP contribution is 2.32. The predicted molar refractivity (Wildman–Crippen MR) is 86.7 cm³/mol. The van der Waals surface area contributed by atoms with Crippen LogP contribution in [0.2, 0.25) is 0 Å². The predicted octanol–water partition coefficient (Wildman–Crippen LogP) is 0.623. The van der Waals surface area contributed by atoms with Gasteiger partial charge in [0.2, 0.25) is 10.0 Å². The van der Waals surface area contributed by atoms with Crippen LogP contribution in [0.1, 0.15) is 5.56 Å². The molecule has 1 heterocycles. The molecule has 0 unspecified atom stereocenters. The number of benzene rings is 1. The Morgan fingerprint density at radius 2 is 1.78 bits per heavy atom. The summed E-state index contributed by atoms with van der Waals surface area (Å²) in [7, 11) is -0.591. The van der Waals surface area contributed by atoms with Gasteiger partial charge in [0.05, 0.1) is 32.3 Å². The lowest BCUT2D eigenvalue weighted by Crippen LogP contribution is -2.41. The van der Waals surface area contributed by atoms with Crippen LogP contribution < -0.4 is 14.2 Å². The van der Waals surface area contributed by atoms with Crippen LogP contribution in [-0.2, 0) is 14.8 Å². The number of aryl methyl sites for hydroxylation is 1. The second-order valence-corrected chi connectivity index (χ2v) is 7.06. The zero-order chi connectivity index (χ0) is 16.9. The maximum atomic E-state index is 12.5. The van der Waals surface area contributed by atoms with Crippen molar-refractivity contribution in [2.24, 2.45) is 0 Å². The lowest BCUT2D eigenvalue weighted by molar-refractivity contribution is 0.0390. The second kappa shape index (κ2) is 7.96. The highest BCUT2D eigenvalue weighted by atomic mass is 32.2. The van der Waals surface area contributed by atoms with Crippen molar-refractivity contribution in [2.45, 2.75) is 11.8 Å². The molecule has 1 fully saturated rings. The zero-order valence-corrected chi connectivity index (χ0v) is 14.6. The van der Waals surface area contributed by atoms with Crippen molar-refractivity contribution in [3.63, 3.8) is 0 Å². The first-order valence-corrected chi connectivity index (χ1v) is 8.98. The normalized spacial score (nSPS) is 16.3. The van der Waals surface area contributed by atoms with Crippen LogP contribution in [0.15, 0.2) is 17.0 Å². The van der Waals surface area contributed by atoms with E-state index in [2.05, 4.69) is 9.62 Å². The van der Waals surface area contributed by atoms with E-state index in [9.17, 15) is 8.42 Å². The number of rotatable bonds is 7. The highest BCUT2D eigenvalue weighted by Gasteiger charge is 2.20. The molecule has 0 radical (unpaired) electrons. The Hall–Kier alpha value is -1.35. The van der Waals surface area contributed by atoms with Crippen LogP contribution in [0.5, 0.6) is 11.5 Å². The molecule has 0 spiro atoms. The molecule has 130 valence electrons. The van der Waals surface area contributed by atoms with E-state index in [0.717, 1.165) is 13.1 Å². The molecule has 1 saturated heterocycles. The van der Waals surface area contributed by atoms with E-state index in [0.29, 0.717) is 43.4 Å². The van der Waals surface area contributed by atoms with Crippen molar-refractivity contribution in [2.75, 3.05) is 53.6 Å². The Bertz CT molecular complexity index is 627. The van der Waals surface area contributed by atoms with Crippen molar-refractivity contribution in [1.82, 2.24) is 9.62 Å². The minimum atomic E-state index is -3.59. The van der Waals surface area contributed by atoms with Gasteiger partial charge in [0, 0.05) is 32.2 Å². The number of nitrogens with zero attached hydrogens (tertiary/aromatic N) is 1. The minimum absolute atomic E-state index is 0.206. The topological polar surface area (TPSA) is 77.1 Å². The molecule has 0 aliphatic carbocycles. The first-order valence-electron chi connectivity index (χ1n) is 7.50. The molecule has 0 amide bonds. The molecular formula is C15H24N2O5S. The molecule has 0 atom stereocenters. The molecule has 2 rings (SSSR count). The van der Waals surface area contributed by atoms with Gasteiger partial charge in [0.25, 0.3) is 0 Å². The number of sulfonamides is 1. The van der Waals surface area contributed by atoms with Crippen molar-refractivity contribution in [3.05, 3.63) is 17.7 Å². The quantitative estimate of drug-likeness (QED) is 0.781. The van der Waals surface area contributed by atoms with E-state index < -0.39 is 10.0 Å². The first-order chi connectivity index (χ1) is 11.0. The third-order valence-electron chi connectivity index (χ3n) is 3.79. The van der Waals surface area contributed by atoms with Crippen LogP contribution in [0.3, 0.4) is 0 Å². The van der Waals surface area contributed by atoms with Crippen molar-refractivity contribution in [3.8, 4) is 11.5 Å². The summed E-state index contributed by atoms with van der Waals surface area (Å²) in [6.07, 6.45) is 0. The number of nitrogens with one attached hydrogen (secondary N) is 1. The number of hydrogen-bond donors (Lipinski definition) is 1. The summed E-state index contributed by atoms with van der Waals surface area (Å²) in [5, 5.41) is 0. The lowest BCUT2D eigenvalue weighted by Gasteiger charge is -2.26. The van der Waals surface area contributed by atoms with E-state index in [1.807, 2.05) is 0 Å². The number of methoxy groups -OCH3 is 2. The van der Waals surface area contributed by atoms with E-state index in [4.69, 9.17) is 14.2 Å². The maximum Gasteiger partial charge on any atom is 0.241 e. The van der Waals surface area contributed by atoms with E-state index in [1.54, 1.807) is 13.0 Å². The van der Waals surface area contributed by atoms with Gasteiger partial charge >= 0.3 is 0 Å². The van der Waals surface area contributed by atoms with E-state index >= 15 is 0 Å². The fourth-order valence-corrected chi connectivity index (χ4v) is 3.75. The molecular weight excluding hydrogens is 320 g/mol. The summed E-state index contributed by atoms with van der Waals surface area (Å²) >= 11 is 0. The number of morpholine rings is 1. The van der Waals surface area contributed by atoms with Crippen LogP contribution >= 0.6 is 0 Å². The van der Waals surface area contributed by atoms with Gasteiger partial charge in [-0.25, -0.2) is 13.1 Å². The molecule has 23 heavy (non-hydrogen) atoms. The first kappa shape index (κ1) is 18.0. The summed E-state index contributed by atoms with van der Waals surface area (Å²) in [6, 6.07) is 3.15. The van der Waals surface area contributed by atoms with Crippen molar-refractivity contribution in [1.29, 1.82) is 0 Å². The van der Waals surface area contributed by atoms with Crippen LogP contribution in [0.4, 0.5) is 0 Å². The summed E-state index contributed by atoms with van der Waals surface area (Å²) in [5.74, 6) is 0.906. The Balaban J connectivity index is 2.06. The van der Waals surface area contributed by atoms with Crippen LogP contribution in [0.25, 0.3) is 0 Å². The maximum absolute atomic E-state index is 12.5. The molecule has 0 bridgehead atoms. The van der Waals surface area contributed by atoms with Crippen molar-refractivity contribution < 1.29 is 22.6 Å². The standard InChI is InChI=1S/C15H24N2O5S/c1-12-10-13(20-2)14(21-3)11-15(12)23(18,19)16-4-5-17-6-8-22-9-7-17/h10-11,16H,4-9H2,1-3H3. The van der Waals surface area contributed by atoms with Gasteiger partial charge in [0.1, 0.15) is 0 Å². The Labute approximate surface area is 137 Å². The van der Waals surface area contributed by atoms with Gasteiger partial charge in [-0.3, -0.25) is 4.90 Å². The monoisotopic (exact) mass is 344 g/mol. The van der Waals surface area contributed by atoms with Crippen LogP contribution in [0, 0.1) is 6.92 Å². The minimum Gasteiger partial charge on any atom is -0.493 e. The molecule has 1 aromatic carbocycles. The summed E-state index contributed by atoms with van der Waals surface area (Å²) in [4.78, 5) is 2.38. The van der Waals surface area contributed by atoms with Gasteiger partial charge in [-0.2, -0.15) is 0 Å². The molecule has 0 saturated carbocycles. The summed E-state index contributed by atoms with van der Waals surface area (Å²) in [5.41, 5.74) is 0.613. The Kier molecular flexibility index (Phi) is 6.23. The molecule has 1 aromatic rings. The fraction of sp³-hybridized carbons (Fsp3) is 0.600. The third kappa shape index (κ3) is 4.57. The van der Waals surface area contributed by atoms with E-state index in [-0.39, 0.29) is 4.90 Å².